The first-order chi connectivity index (χ1) is 15.9. The number of nitrogens with zero attached hydrogens (tertiary/aromatic N) is 8. The average molecular weight is 461 g/mol. The van der Waals surface area contributed by atoms with Crippen LogP contribution in [0, 0.1) is 0 Å². The molecule has 176 valence electrons. The maximum Gasteiger partial charge on any atom is 0.259 e. The van der Waals surface area contributed by atoms with Gasteiger partial charge in [0.1, 0.15) is 6.04 Å². The van der Waals surface area contributed by atoms with Gasteiger partial charge in [-0.25, -0.2) is 8.78 Å². The Balaban J connectivity index is 1.36. The highest BCUT2D eigenvalue weighted by molar-refractivity contribution is 5.86. The molecule has 5 heterocycles. The minimum absolute atomic E-state index is 0.0449. The highest BCUT2D eigenvalue weighted by atomic mass is 19.3. The minimum Gasteiger partial charge on any atom is -0.461 e. The van der Waals surface area contributed by atoms with Crippen LogP contribution in [0.1, 0.15) is 19.8 Å². The van der Waals surface area contributed by atoms with Crippen molar-refractivity contribution in [3.8, 4) is 11.6 Å². The molecule has 0 spiro atoms. The van der Waals surface area contributed by atoms with Gasteiger partial charge in [0.15, 0.2) is 5.76 Å². The van der Waals surface area contributed by atoms with E-state index >= 15 is 0 Å². The predicted octanol–water partition coefficient (Wildman–Crippen LogP) is 1.13. The first-order valence-electron chi connectivity index (χ1n) is 10.9. The minimum atomic E-state index is -2.38. The number of halogens is 2. The first kappa shape index (κ1) is 21.5. The zero-order valence-corrected chi connectivity index (χ0v) is 18.1. The highest BCUT2D eigenvalue weighted by Crippen LogP contribution is 2.27. The van der Waals surface area contributed by atoms with Gasteiger partial charge in [0.2, 0.25) is 23.6 Å². The van der Waals surface area contributed by atoms with Crippen LogP contribution >= 0.6 is 0 Å². The lowest BCUT2D eigenvalue weighted by Gasteiger charge is -2.41. The standard InChI is InChI=1S/C20H25F2N9O2/c1-12-10-28(11-15(21)22)7-8-29(12)17(32)13-4-2-6-30(13)19-25-18(23)31-20(26-19)24-16(27-31)14-5-3-9-33-14/h3,5,9,12-13,15H,2,4,6-8,10-11H2,1H3,(H2,23,24,25,26,27)/t12-,13+/m1/s1. The normalized spacial score (nSPS) is 22.1. The third-order valence-electron chi connectivity index (χ3n) is 6.15. The summed E-state index contributed by atoms with van der Waals surface area (Å²) in [4.78, 5) is 32.0. The number of amides is 1. The zero-order chi connectivity index (χ0) is 23.1. The summed E-state index contributed by atoms with van der Waals surface area (Å²) < 4.78 is 32.2. The Morgan fingerprint density at radius 1 is 1.27 bits per heavy atom. The molecule has 0 aliphatic carbocycles. The summed E-state index contributed by atoms with van der Waals surface area (Å²) in [6.07, 6.45) is 0.597. The van der Waals surface area contributed by atoms with Crippen LogP contribution in [0.3, 0.4) is 0 Å². The van der Waals surface area contributed by atoms with Gasteiger partial charge < -0.3 is 20.0 Å². The van der Waals surface area contributed by atoms with Gasteiger partial charge in [-0.2, -0.15) is 19.5 Å². The first-order valence-corrected chi connectivity index (χ1v) is 10.9. The fourth-order valence-corrected chi connectivity index (χ4v) is 4.61. The van der Waals surface area contributed by atoms with Gasteiger partial charge in [-0.3, -0.25) is 9.69 Å². The maximum absolute atomic E-state index is 13.4. The number of nitrogen functional groups attached to an aromatic ring is 1. The van der Waals surface area contributed by atoms with E-state index in [0.717, 1.165) is 6.42 Å². The van der Waals surface area contributed by atoms with Crippen LogP contribution in [0.15, 0.2) is 22.8 Å². The molecule has 2 N–H and O–H groups in total. The molecule has 33 heavy (non-hydrogen) atoms. The molecule has 2 fully saturated rings. The summed E-state index contributed by atoms with van der Waals surface area (Å²) in [7, 11) is 0. The Kier molecular flexibility index (Phi) is 5.56. The molecule has 13 heteroatoms. The second-order valence-electron chi connectivity index (χ2n) is 8.39. The van der Waals surface area contributed by atoms with Crippen molar-refractivity contribution in [1.82, 2.24) is 34.4 Å². The molecule has 3 aromatic heterocycles. The smallest absolute Gasteiger partial charge is 0.259 e. The molecule has 2 saturated heterocycles. The molecule has 0 aromatic carbocycles. The molecule has 2 atom stereocenters. The third kappa shape index (κ3) is 4.08. The Hall–Kier alpha value is -3.35. The topological polar surface area (TPSA) is 122 Å². The van der Waals surface area contributed by atoms with E-state index in [2.05, 4.69) is 20.1 Å². The molecule has 11 nitrogen and oxygen atoms in total. The van der Waals surface area contributed by atoms with Gasteiger partial charge in [-0.1, -0.05) is 0 Å². The lowest BCUT2D eigenvalue weighted by atomic mass is 10.1. The van der Waals surface area contributed by atoms with Crippen molar-refractivity contribution in [2.75, 3.05) is 43.4 Å². The van der Waals surface area contributed by atoms with Gasteiger partial charge in [0.25, 0.3) is 12.2 Å². The van der Waals surface area contributed by atoms with E-state index < -0.39 is 12.5 Å². The second-order valence-corrected chi connectivity index (χ2v) is 8.39. The number of aromatic nitrogens is 5. The number of hydrogen-bond donors (Lipinski definition) is 1. The number of nitrogens with two attached hydrogens (primary N) is 1. The highest BCUT2D eigenvalue weighted by Gasteiger charge is 2.39. The van der Waals surface area contributed by atoms with E-state index in [9.17, 15) is 13.6 Å². The third-order valence-corrected chi connectivity index (χ3v) is 6.15. The lowest BCUT2D eigenvalue weighted by molar-refractivity contribution is -0.137. The Morgan fingerprint density at radius 2 is 2.12 bits per heavy atom. The number of rotatable bonds is 5. The number of fused-ring (bicyclic) bond motifs is 1. The van der Waals surface area contributed by atoms with Gasteiger partial charge in [0, 0.05) is 32.2 Å². The quantitative estimate of drug-likeness (QED) is 0.596. The van der Waals surface area contributed by atoms with Crippen LogP contribution in [0.25, 0.3) is 17.4 Å². The van der Waals surface area contributed by atoms with Crippen LogP contribution in [0.5, 0.6) is 0 Å². The molecule has 0 bridgehead atoms. The van der Waals surface area contributed by atoms with Crippen molar-refractivity contribution in [3.05, 3.63) is 18.4 Å². The number of carbonyl (C=O) groups is 1. The summed E-state index contributed by atoms with van der Waals surface area (Å²) >= 11 is 0. The monoisotopic (exact) mass is 461 g/mol. The molecule has 1 amide bonds. The van der Waals surface area contributed by atoms with E-state index in [1.165, 1.54) is 10.8 Å². The number of furan rings is 1. The van der Waals surface area contributed by atoms with Gasteiger partial charge in [-0.15, -0.1) is 5.10 Å². The second kappa shape index (κ2) is 8.54. The van der Waals surface area contributed by atoms with E-state index in [0.29, 0.717) is 50.1 Å². The van der Waals surface area contributed by atoms with Crippen LogP contribution in [0.2, 0.25) is 0 Å². The van der Waals surface area contributed by atoms with Gasteiger partial charge >= 0.3 is 0 Å². The van der Waals surface area contributed by atoms with E-state index in [4.69, 9.17) is 10.2 Å². The molecule has 0 unspecified atom stereocenters. The summed E-state index contributed by atoms with van der Waals surface area (Å²) in [5, 5.41) is 4.30. The lowest BCUT2D eigenvalue weighted by Crippen LogP contribution is -2.58. The number of anilines is 2. The number of piperazine rings is 1. The van der Waals surface area contributed by atoms with Crippen molar-refractivity contribution >= 4 is 23.6 Å². The average Bonchev–Trinajstić information content (AvgIpc) is 3.52. The van der Waals surface area contributed by atoms with Crippen molar-refractivity contribution in [2.45, 2.75) is 38.3 Å². The molecule has 5 rings (SSSR count). The summed E-state index contributed by atoms with van der Waals surface area (Å²) in [6.45, 7) is 3.49. The van der Waals surface area contributed by atoms with E-state index in [1.807, 2.05) is 11.8 Å². The van der Waals surface area contributed by atoms with Gasteiger partial charge in [-0.05, 0) is 31.9 Å². The summed E-state index contributed by atoms with van der Waals surface area (Å²) in [5.74, 6) is 1.46. The summed E-state index contributed by atoms with van der Waals surface area (Å²) in [6, 6.07) is 2.86. The Labute approximate surface area is 188 Å². The fraction of sp³-hybridized carbons (Fsp3) is 0.550. The number of carbonyl (C=O) groups excluding carboxylic acids is 1. The Bertz CT molecular complexity index is 1140. The molecular weight excluding hydrogens is 436 g/mol. The summed E-state index contributed by atoms with van der Waals surface area (Å²) in [5.41, 5.74) is 6.12. The molecular formula is C20H25F2N9O2. The predicted molar refractivity (Wildman–Crippen MR) is 115 cm³/mol. The number of alkyl halides is 2. The van der Waals surface area contributed by atoms with E-state index in [-0.39, 0.29) is 30.2 Å². The molecule has 2 aliphatic rings. The van der Waals surface area contributed by atoms with Crippen LogP contribution in [0.4, 0.5) is 20.7 Å². The van der Waals surface area contributed by atoms with Gasteiger partial charge in [0.05, 0.1) is 12.8 Å². The SMILES string of the molecule is C[C@@H]1CN(CC(F)F)CCN1C(=O)[C@@H]1CCCN1c1nc(N)n2nc(-c3ccco3)nc2n1. The largest absolute Gasteiger partial charge is 0.461 e. The van der Waals surface area contributed by atoms with Crippen LogP contribution in [-0.2, 0) is 4.79 Å². The molecule has 3 aromatic rings. The maximum atomic E-state index is 13.4. The number of hydrogen-bond acceptors (Lipinski definition) is 9. The van der Waals surface area contributed by atoms with Crippen molar-refractivity contribution in [2.24, 2.45) is 0 Å². The van der Waals surface area contributed by atoms with Crippen molar-refractivity contribution in [1.29, 1.82) is 0 Å². The van der Waals surface area contributed by atoms with E-state index in [1.54, 1.807) is 21.9 Å². The Morgan fingerprint density at radius 3 is 2.85 bits per heavy atom. The zero-order valence-electron chi connectivity index (χ0n) is 18.1. The van der Waals surface area contributed by atoms with Crippen LogP contribution in [-0.4, -0.2) is 91.5 Å². The fourth-order valence-electron chi connectivity index (χ4n) is 4.61. The van der Waals surface area contributed by atoms with Crippen molar-refractivity contribution in [3.63, 3.8) is 0 Å². The molecule has 2 aliphatic heterocycles. The van der Waals surface area contributed by atoms with Crippen molar-refractivity contribution < 1.29 is 18.0 Å². The molecule has 0 saturated carbocycles. The molecule has 0 radical (unpaired) electrons. The van der Waals surface area contributed by atoms with Crippen LogP contribution < -0.4 is 10.6 Å².